The highest BCUT2D eigenvalue weighted by atomic mass is 32.2. The Labute approximate surface area is 101 Å². The van der Waals surface area contributed by atoms with Gasteiger partial charge < -0.3 is 5.73 Å². The Kier molecular flexibility index (Phi) is 4.86. The molecule has 0 bridgehead atoms. The molecule has 1 aliphatic heterocycles. The summed E-state index contributed by atoms with van der Waals surface area (Å²) >= 11 is 6.80. The summed E-state index contributed by atoms with van der Waals surface area (Å²) in [6.45, 7) is 6.70. The number of thioether (sulfide) groups is 1. The van der Waals surface area contributed by atoms with Gasteiger partial charge in [-0.25, -0.2) is 0 Å². The summed E-state index contributed by atoms with van der Waals surface area (Å²) in [6.07, 6.45) is 2.21. The molecule has 0 radical (unpaired) electrons. The Balaban J connectivity index is 2.69. The maximum atomic E-state index is 5.36. The first kappa shape index (κ1) is 12.8. The standard InChI is InChI=1S/C10H19N3S2/c1-4-9-7(3)8(5-6(2)15-9)12-13-10(11)14/h6-7,9H,4-5H2,1-3H3,(H3,11,13,14)/b12-8+/t6-,7+,9+/m0/s1. The first-order valence-corrected chi connectivity index (χ1v) is 6.67. The smallest absolute Gasteiger partial charge is 0.184 e. The van der Waals surface area contributed by atoms with Crippen LogP contribution in [-0.2, 0) is 0 Å². The van der Waals surface area contributed by atoms with Crippen LogP contribution in [0.25, 0.3) is 0 Å². The summed E-state index contributed by atoms with van der Waals surface area (Å²) in [5, 5.41) is 5.85. The molecule has 0 aromatic heterocycles. The normalized spacial score (nSPS) is 34.1. The molecule has 1 fully saturated rings. The van der Waals surface area contributed by atoms with E-state index in [1.54, 1.807) is 0 Å². The first-order chi connectivity index (χ1) is 7.04. The molecule has 1 heterocycles. The minimum Gasteiger partial charge on any atom is -0.375 e. The fourth-order valence-electron chi connectivity index (χ4n) is 1.88. The van der Waals surface area contributed by atoms with E-state index < -0.39 is 0 Å². The molecule has 3 nitrogen and oxygen atoms in total. The topological polar surface area (TPSA) is 50.4 Å². The number of nitrogens with one attached hydrogen (secondary N) is 1. The molecule has 0 unspecified atom stereocenters. The monoisotopic (exact) mass is 245 g/mol. The Morgan fingerprint density at radius 1 is 1.67 bits per heavy atom. The molecule has 0 aromatic carbocycles. The largest absolute Gasteiger partial charge is 0.375 e. The van der Waals surface area contributed by atoms with Crippen LogP contribution in [0.15, 0.2) is 5.10 Å². The van der Waals surface area contributed by atoms with E-state index in [1.165, 1.54) is 12.1 Å². The zero-order chi connectivity index (χ0) is 11.4. The van der Waals surface area contributed by atoms with Crippen molar-refractivity contribution in [2.24, 2.45) is 16.8 Å². The van der Waals surface area contributed by atoms with Gasteiger partial charge in [-0.05, 0) is 25.1 Å². The van der Waals surface area contributed by atoms with Crippen molar-refractivity contribution in [2.45, 2.75) is 44.1 Å². The summed E-state index contributed by atoms with van der Waals surface area (Å²) in [6, 6.07) is 0. The second-order valence-electron chi connectivity index (χ2n) is 3.97. The number of nitrogens with two attached hydrogens (primary N) is 1. The number of rotatable bonds is 2. The van der Waals surface area contributed by atoms with Crippen molar-refractivity contribution in [3.8, 4) is 0 Å². The van der Waals surface area contributed by atoms with Gasteiger partial charge in [0.1, 0.15) is 0 Å². The van der Waals surface area contributed by atoms with Crippen molar-refractivity contribution in [3.63, 3.8) is 0 Å². The van der Waals surface area contributed by atoms with Gasteiger partial charge in [-0.1, -0.05) is 20.8 Å². The number of hydrogen-bond donors (Lipinski definition) is 2. The van der Waals surface area contributed by atoms with Gasteiger partial charge >= 0.3 is 0 Å². The van der Waals surface area contributed by atoms with E-state index in [1.807, 2.05) is 0 Å². The maximum absolute atomic E-state index is 5.36. The second kappa shape index (κ2) is 5.70. The predicted molar refractivity (Wildman–Crippen MR) is 72.3 cm³/mol. The summed E-state index contributed by atoms with van der Waals surface area (Å²) in [4.78, 5) is 0. The van der Waals surface area contributed by atoms with Gasteiger partial charge in [-0.2, -0.15) is 16.9 Å². The van der Waals surface area contributed by atoms with Gasteiger partial charge in [-0.15, -0.1) is 0 Å². The number of hydrazone groups is 1. The second-order valence-corrected chi connectivity index (χ2v) is 6.09. The van der Waals surface area contributed by atoms with E-state index in [0.29, 0.717) is 16.4 Å². The van der Waals surface area contributed by atoms with Crippen LogP contribution in [0.1, 0.15) is 33.6 Å². The van der Waals surface area contributed by atoms with E-state index in [2.05, 4.69) is 43.1 Å². The molecule has 5 heteroatoms. The number of nitrogens with zero attached hydrogens (tertiary/aromatic N) is 1. The van der Waals surface area contributed by atoms with Crippen molar-refractivity contribution in [3.05, 3.63) is 0 Å². The molecule has 0 amide bonds. The minimum absolute atomic E-state index is 0.244. The lowest BCUT2D eigenvalue weighted by Crippen LogP contribution is -2.35. The van der Waals surface area contributed by atoms with Gasteiger partial charge in [0.05, 0.1) is 0 Å². The third-order valence-corrected chi connectivity index (χ3v) is 4.51. The van der Waals surface area contributed by atoms with Crippen molar-refractivity contribution in [1.82, 2.24) is 5.43 Å². The molecule has 3 N–H and O–H groups in total. The van der Waals surface area contributed by atoms with Gasteiger partial charge in [0.2, 0.25) is 0 Å². The number of hydrogen-bond acceptors (Lipinski definition) is 3. The molecule has 15 heavy (non-hydrogen) atoms. The quantitative estimate of drug-likeness (QED) is 0.578. The van der Waals surface area contributed by atoms with Gasteiger partial charge in [-0.3, -0.25) is 5.43 Å². The van der Waals surface area contributed by atoms with Crippen LogP contribution < -0.4 is 11.2 Å². The zero-order valence-corrected chi connectivity index (χ0v) is 11.1. The molecule has 86 valence electrons. The fraction of sp³-hybridized carbons (Fsp3) is 0.800. The van der Waals surface area contributed by atoms with E-state index >= 15 is 0 Å². The lowest BCUT2D eigenvalue weighted by atomic mass is 9.95. The summed E-state index contributed by atoms with van der Waals surface area (Å²) < 4.78 is 0. The van der Waals surface area contributed by atoms with Crippen LogP contribution in [0, 0.1) is 5.92 Å². The minimum atomic E-state index is 0.244. The highest BCUT2D eigenvalue weighted by Gasteiger charge is 2.29. The van der Waals surface area contributed by atoms with E-state index in [4.69, 9.17) is 18.0 Å². The maximum Gasteiger partial charge on any atom is 0.184 e. The molecule has 1 saturated heterocycles. The van der Waals surface area contributed by atoms with Crippen molar-refractivity contribution in [2.75, 3.05) is 0 Å². The molecule has 0 aromatic rings. The molecular formula is C10H19N3S2. The Morgan fingerprint density at radius 2 is 2.33 bits per heavy atom. The number of thiocarbonyl (C=S) groups is 1. The highest BCUT2D eigenvalue weighted by Crippen LogP contribution is 2.35. The average molecular weight is 245 g/mol. The van der Waals surface area contributed by atoms with Crippen molar-refractivity contribution < 1.29 is 0 Å². The molecule has 1 rings (SSSR count). The van der Waals surface area contributed by atoms with E-state index in [0.717, 1.165) is 6.42 Å². The van der Waals surface area contributed by atoms with Crippen LogP contribution >= 0.6 is 24.0 Å². The first-order valence-electron chi connectivity index (χ1n) is 5.32. The van der Waals surface area contributed by atoms with Crippen molar-refractivity contribution in [1.29, 1.82) is 0 Å². The molecule has 3 atom stereocenters. The molecule has 0 saturated carbocycles. The lowest BCUT2D eigenvalue weighted by molar-refractivity contribution is 0.645. The molecule has 0 spiro atoms. The van der Waals surface area contributed by atoms with Crippen molar-refractivity contribution >= 4 is 34.8 Å². The van der Waals surface area contributed by atoms with Crippen LogP contribution in [-0.4, -0.2) is 21.3 Å². The van der Waals surface area contributed by atoms with Crippen LogP contribution in [0.4, 0.5) is 0 Å². The van der Waals surface area contributed by atoms with Crippen LogP contribution in [0.5, 0.6) is 0 Å². The lowest BCUT2D eigenvalue weighted by Gasteiger charge is -2.32. The molecule has 0 aliphatic carbocycles. The Bertz CT molecular complexity index is 265. The molecule has 1 aliphatic rings. The average Bonchev–Trinajstić information content (AvgIpc) is 2.18. The van der Waals surface area contributed by atoms with Crippen LogP contribution in [0.2, 0.25) is 0 Å². The predicted octanol–water partition coefficient (Wildman–Crippen LogP) is 2.12. The van der Waals surface area contributed by atoms with Gasteiger partial charge in [0, 0.05) is 22.1 Å². The third kappa shape index (κ3) is 3.65. The summed E-state index contributed by atoms with van der Waals surface area (Å²) in [5.41, 5.74) is 9.26. The fourth-order valence-corrected chi connectivity index (χ4v) is 3.38. The Hall–Kier alpha value is -0.290. The van der Waals surface area contributed by atoms with Gasteiger partial charge in [0.25, 0.3) is 0 Å². The molecular weight excluding hydrogens is 226 g/mol. The Morgan fingerprint density at radius 3 is 2.87 bits per heavy atom. The van der Waals surface area contributed by atoms with E-state index in [-0.39, 0.29) is 5.11 Å². The van der Waals surface area contributed by atoms with E-state index in [9.17, 15) is 0 Å². The van der Waals surface area contributed by atoms with Gasteiger partial charge in [0.15, 0.2) is 5.11 Å². The summed E-state index contributed by atoms with van der Waals surface area (Å²) in [5.74, 6) is 0.512. The zero-order valence-electron chi connectivity index (χ0n) is 9.49. The highest BCUT2D eigenvalue weighted by molar-refractivity contribution is 8.00. The van der Waals surface area contributed by atoms with Crippen LogP contribution in [0.3, 0.4) is 0 Å². The SMILES string of the molecule is CC[C@H]1S[C@@H](C)C/C(=N\NC(N)=S)[C@H]1C. The third-order valence-electron chi connectivity index (χ3n) is 2.70. The summed E-state index contributed by atoms with van der Waals surface area (Å²) in [7, 11) is 0.